The number of esters is 1. The topological polar surface area (TPSA) is 71.6 Å². The Labute approximate surface area is 91.6 Å². The largest absolute Gasteiger partial charge is 0.507 e. The van der Waals surface area contributed by atoms with Crippen molar-refractivity contribution in [2.24, 2.45) is 0 Å². The first-order chi connectivity index (χ1) is 7.65. The van der Waals surface area contributed by atoms with Crippen LogP contribution in [0.15, 0.2) is 18.2 Å². The summed E-state index contributed by atoms with van der Waals surface area (Å²) in [6.45, 7) is 0. The molecule has 84 valence electrons. The van der Waals surface area contributed by atoms with Crippen LogP contribution in [-0.4, -0.2) is 30.3 Å². The molecule has 0 atom stereocenters. The Kier molecular flexibility index (Phi) is 2.44. The lowest BCUT2D eigenvalue weighted by Crippen LogP contribution is -2.00. The first-order valence-corrected chi connectivity index (χ1v) is 4.63. The van der Waals surface area contributed by atoms with Crippen LogP contribution in [0, 0.1) is 0 Å². The lowest BCUT2D eigenvalue weighted by Gasteiger charge is -2.00. The summed E-state index contributed by atoms with van der Waals surface area (Å²) >= 11 is 0. The molecule has 0 saturated carbocycles. The van der Waals surface area contributed by atoms with E-state index >= 15 is 0 Å². The normalized spacial score (nSPS) is 10.4. The molecule has 0 aliphatic carbocycles. The van der Waals surface area contributed by atoms with E-state index in [1.54, 1.807) is 6.07 Å². The number of aromatic hydroxyl groups is 1. The van der Waals surface area contributed by atoms with Crippen LogP contribution in [0.3, 0.4) is 0 Å². The molecule has 0 unspecified atom stereocenters. The summed E-state index contributed by atoms with van der Waals surface area (Å²) in [4.78, 5) is 14.1. The van der Waals surface area contributed by atoms with Crippen molar-refractivity contribution in [2.45, 2.75) is 0 Å². The number of H-pyrrole nitrogens is 1. The number of rotatable bonds is 2. The van der Waals surface area contributed by atoms with Crippen molar-refractivity contribution in [1.82, 2.24) is 4.98 Å². The minimum Gasteiger partial charge on any atom is -0.507 e. The lowest BCUT2D eigenvalue weighted by molar-refractivity contribution is 0.0595. The molecular weight excluding hydrogens is 210 g/mol. The molecule has 0 saturated heterocycles. The molecule has 2 N–H and O–H groups in total. The van der Waals surface area contributed by atoms with Crippen molar-refractivity contribution in [3.63, 3.8) is 0 Å². The molecular formula is C11H11NO4. The average molecular weight is 221 g/mol. The Morgan fingerprint density at radius 1 is 1.31 bits per heavy atom. The van der Waals surface area contributed by atoms with Crippen LogP contribution >= 0.6 is 0 Å². The van der Waals surface area contributed by atoms with Crippen LogP contribution in [0.1, 0.15) is 10.5 Å². The summed E-state index contributed by atoms with van der Waals surface area (Å²) in [6, 6.07) is 4.72. The molecule has 0 bridgehead atoms. The summed E-state index contributed by atoms with van der Waals surface area (Å²) in [5.41, 5.74) is 0.915. The fraction of sp³-hybridized carbons (Fsp3) is 0.182. The molecule has 0 amide bonds. The van der Waals surface area contributed by atoms with Gasteiger partial charge in [-0.15, -0.1) is 0 Å². The van der Waals surface area contributed by atoms with E-state index < -0.39 is 5.97 Å². The number of carbonyl (C=O) groups is 1. The van der Waals surface area contributed by atoms with Crippen LogP contribution in [0.2, 0.25) is 0 Å². The van der Waals surface area contributed by atoms with E-state index in [0.717, 1.165) is 0 Å². The third-order valence-corrected chi connectivity index (χ3v) is 2.33. The Morgan fingerprint density at radius 2 is 2.06 bits per heavy atom. The SMILES string of the molecule is COC(=O)c1cc2c(O)cc(OC)cc2[nH]1. The van der Waals surface area contributed by atoms with Crippen LogP contribution in [0.5, 0.6) is 11.5 Å². The molecule has 0 fully saturated rings. The number of aromatic amines is 1. The number of benzene rings is 1. The summed E-state index contributed by atoms with van der Waals surface area (Å²) < 4.78 is 9.58. The van der Waals surface area contributed by atoms with Crippen molar-refractivity contribution in [3.05, 3.63) is 23.9 Å². The van der Waals surface area contributed by atoms with Crippen LogP contribution in [-0.2, 0) is 4.74 Å². The molecule has 0 radical (unpaired) electrons. The van der Waals surface area contributed by atoms with Gasteiger partial charge in [0.25, 0.3) is 0 Å². The summed E-state index contributed by atoms with van der Waals surface area (Å²) in [7, 11) is 2.80. The molecule has 2 rings (SSSR count). The van der Waals surface area contributed by atoms with Gasteiger partial charge in [-0.1, -0.05) is 0 Å². The predicted molar refractivity (Wildman–Crippen MR) is 57.9 cm³/mol. The molecule has 0 aliphatic heterocycles. The smallest absolute Gasteiger partial charge is 0.354 e. The maximum Gasteiger partial charge on any atom is 0.354 e. The summed E-state index contributed by atoms with van der Waals surface area (Å²) in [5.74, 6) is 0.0959. The zero-order chi connectivity index (χ0) is 11.7. The van der Waals surface area contributed by atoms with Crippen molar-refractivity contribution in [3.8, 4) is 11.5 Å². The third kappa shape index (κ3) is 1.56. The van der Waals surface area contributed by atoms with Crippen LogP contribution < -0.4 is 4.74 Å². The van der Waals surface area contributed by atoms with E-state index in [0.29, 0.717) is 22.3 Å². The van der Waals surface area contributed by atoms with Gasteiger partial charge in [0.2, 0.25) is 0 Å². The van der Waals surface area contributed by atoms with E-state index in [1.807, 2.05) is 0 Å². The average Bonchev–Trinajstić information content (AvgIpc) is 2.72. The number of phenolic OH excluding ortho intramolecular Hbond substituents is 1. The Bertz CT molecular complexity index is 544. The highest BCUT2D eigenvalue weighted by Gasteiger charge is 2.12. The number of phenols is 1. The van der Waals surface area contributed by atoms with E-state index in [9.17, 15) is 9.90 Å². The van der Waals surface area contributed by atoms with Crippen LogP contribution in [0.4, 0.5) is 0 Å². The molecule has 0 spiro atoms. The highest BCUT2D eigenvalue weighted by Crippen LogP contribution is 2.30. The first-order valence-electron chi connectivity index (χ1n) is 4.63. The Morgan fingerprint density at radius 3 is 2.69 bits per heavy atom. The number of nitrogens with one attached hydrogen (secondary N) is 1. The summed E-state index contributed by atoms with van der Waals surface area (Å²) in [5, 5.41) is 10.3. The maximum absolute atomic E-state index is 11.3. The van der Waals surface area contributed by atoms with Crippen molar-refractivity contribution < 1.29 is 19.4 Å². The van der Waals surface area contributed by atoms with Gasteiger partial charge in [-0.25, -0.2) is 4.79 Å². The fourth-order valence-corrected chi connectivity index (χ4v) is 1.53. The molecule has 16 heavy (non-hydrogen) atoms. The lowest BCUT2D eigenvalue weighted by atomic mass is 10.2. The van der Waals surface area contributed by atoms with Gasteiger partial charge in [-0.2, -0.15) is 0 Å². The highest BCUT2D eigenvalue weighted by atomic mass is 16.5. The number of ether oxygens (including phenoxy) is 2. The van der Waals surface area contributed by atoms with Crippen molar-refractivity contribution >= 4 is 16.9 Å². The van der Waals surface area contributed by atoms with Crippen LogP contribution in [0.25, 0.3) is 10.9 Å². The zero-order valence-electron chi connectivity index (χ0n) is 8.90. The fourth-order valence-electron chi connectivity index (χ4n) is 1.53. The Hall–Kier alpha value is -2.17. The van der Waals surface area contributed by atoms with Gasteiger partial charge < -0.3 is 19.6 Å². The Balaban J connectivity index is 2.61. The monoisotopic (exact) mass is 221 g/mol. The molecule has 2 aromatic rings. The summed E-state index contributed by atoms with van der Waals surface area (Å²) in [6.07, 6.45) is 0. The minimum absolute atomic E-state index is 0.0563. The second kappa shape index (κ2) is 3.77. The van der Waals surface area contributed by atoms with E-state index in [2.05, 4.69) is 9.72 Å². The number of fused-ring (bicyclic) bond motifs is 1. The molecule has 1 aromatic carbocycles. The molecule has 5 nitrogen and oxygen atoms in total. The first kappa shape index (κ1) is 10.4. The van der Waals surface area contributed by atoms with E-state index in [-0.39, 0.29) is 5.75 Å². The zero-order valence-corrected chi connectivity index (χ0v) is 8.90. The van der Waals surface area contributed by atoms with Gasteiger partial charge in [0.05, 0.1) is 19.7 Å². The highest BCUT2D eigenvalue weighted by molar-refractivity contribution is 5.97. The number of carbonyl (C=O) groups excluding carboxylic acids is 1. The third-order valence-electron chi connectivity index (χ3n) is 2.33. The van der Waals surface area contributed by atoms with Gasteiger partial charge in [0.15, 0.2) is 0 Å². The number of methoxy groups -OCH3 is 2. The number of hydrogen-bond donors (Lipinski definition) is 2. The second-order valence-corrected chi connectivity index (χ2v) is 3.28. The van der Waals surface area contributed by atoms with Gasteiger partial charge >= 0.3 is 5.97 Å². The number of aromatic nitrogens is 1. The van der Waals surface area contributed by atoms with Crippen molar-refractivity contribution in [1.29, 1.82) is 0 Å². The maximum atomic E-state index is 11.3. The molecule has 1 aromatic heterocycles. The quantitative estimate of drug-likeness (QED) is 0.756. The van der Waals surface area contributed by atoms with E-state index in [1.165, 1.54) is 26.4 Å². The van der Waals surface area contributed by atoms with Gasteiger partial charge in [0, 0.05) is 17.5 Å². The minimum atomic E-state index is -0.477. The molecule has 5 heteroatoms. The molecule has 1 heterocycles. The van der Waals surface area contributed by atoms with E-state index in [4.69, 9.17) is 4.74 Å². The number of hydrogen-bond acceptors (Lipinski definition) is 4. The van der Waals surface area contributed by atoms with Crippen molar-refractivity contribution in [2.75, 3.05) is 14.2 Å². The van der Waals surface area contributed by atoms with Gasteiger partial charge in [-0.3, -0.25) is 0 Å². The second-order valence-electron chi connectivity index (χ2n) is 3.28. The predicted octanol–water partition coefficient (Wildman–Crippen LogP) is 1.67. The molecule has 0 aliphatic rings. The van der Waals surface area contributed by atoms with Gasteiger partial charge in [0.1, 0.15) is 17.2 Å². The standard InChI is InChI=1S/C11H11NO4/c1-15-6-3-8-7(10(13)4-6)5-9(12-8)11(14)16-2/h3-5,12-13H,1-2H3. The van der Waals surface area contributed by atoms with Gasteiger partial charge in [-0.05, 0) is 6.07 Å².